The third-order valence-electron chi connectivity index (χ3n) is 10.1. The largest absolute Gasteiger partial charge is 0.492 e. The van der Waals surface area contributed by atoms with Crippen molar-refractivity contribution in [2.75, 3.05) is 27.8 Å². The van der Waals surface area contributed by atoms with E-state index in [0.717, 1.165) is 22.4 Å². The summed E-state index contributed by atoms with van der Waals surface area (Å²) >= 11 is 0. The number of ether oxygens (including phenoxy) is 4. The first-order chi connectivity index (χ1) is 25.8. The van der Waals surface area contributed by atoms with Crippen molar-refractivity contribution in [3.8, 4) is 33.8 Å². The van der Waals surface area contributed by atoms with Crippen LogP contribution in [0.4, 0.5) is 0 Å². The van der Waals surface area contributed by atoms with E-state index in [9.17, 15) is 10.0 Å². The zero-order chi connectivity index (χ0) is 41.3. The molecule has 0 aliphatic carbocycles. The summed E-state index contributed by atoms with van der Waals surface area (Å²) < 4.78 is 22.1. The predicted molar refractivity (Wildman–Crippen MR) is 233 cm³/mol. The Morgan fingerprint density at radius 2 is 0.891 bits per heavy atom. The molecule has 0 amide bonds. The van der Waals surface area contributed by atoms with Crippen molar-refractivity contribution >= 4 is 12.6 Å². The van der Waals surface area contributed by atoms with Crippen LogP contribution in [-0.4, -0.2) is 45.0 Å². The summed E-state index contributed by atoms with van der Waals surface area (Å²) in [5.41, 5.74) is 15.0. The van der Waals surface area contributed by atoms with Crippen LogP contribution in [0, 0.1) is 13.8 Å². The normalized spacial score (nSPS) is 11.6. The van der Waals surface area contributed by atoms with Crippen LogP contribution < -0.4 is 14.9 Å². The van der Waals surface area contributed by atoms with Crippen LogP contribution in [0.15, 0.2) is 54.6 Å². The van der Waals surface area contributed by atoms with Crippen LogP contribution in [0.1, 0.15) is 163 Å². The average Bonchev–Trinajstić information content (AvgIpc) is 3.12. The van der Waals surface area contributed by atoms with Gasteiger partial charge in [-0.2, -0.15) is 0 Å². The van der Waals surface area contributed by atoms with Crippen molar-refractivity contribution < 1.29 is 29.0 Å². The van der Waals surface area contributed by atoms with E-state index in [1.807, 2.05) is 6.92 Å². The number of benzene rings is 4. The third kappa shape index (κ3) is 11.5. The molecule has 7 heteroatoms. The Morgan fingerprint density at radius 1 is 0.491 bits per heavy atom. The number of rotatable bonds is 15. The Kier molecular flexibility index (Phi) is 17.1. The van der Waals surface area contributed by atoms with Gasteiger partial charge in [0.2, 0.25) is 0 Å². The maximum Gasteiger partial charge on any atom is 0.492 e. The van der Waals surface area contributed by atoms with E-state index in [0.29, 0.717) is 46.7 Å². The lowest BCUT2D eigenvalue weighted by atomic mass is 9.75. The number of hydrogen-bond donors (Lipinski definition) is 2. The highest BCUT2D eigenvalue weighted by Gasteiger charge is 2.27. The summed E-state index contributed by atoms with van der Waals surface area (Å²) in [5.74, 6) is 3.79. The maximum atomic E-state index is 10.0. The van der Waals surface area contributed by atoms with Gasteiger partial charge >= 0.3 is 7.12 Å². The second kappa shape index (κ2) is 20.5. The van der Waals surface area contributed by atoms with Crippen LogP contribution >= 0.6 is 0 Å². The standard InChI is InChI=1S/C24H35BO4.C24H34O2/c1-14(2)18-11-19(15(3)4)23(20(12-18)16(5)6)21-9-17(7)10-22(25(26)27)24(21)29-13-28-8;1-15(2)19-12-20(16(3)4)24(21(13-19)17(5)6)22-11-18(7)9-10-23(22)26-14-25-8/h9-12,14-16,26-27H,13H2,1-8H3;9-13,15-17H,14H2,1-8H3. The zero-order valence-electron chi connectivity index (χ0n) is 36.7. The predicted octanol–water partition coefficient (Wildman–Crippen LogP) is 11.7. The summed E-state index contributed by atoms with van der Waals surface area (Å²) in [6, 6.07) is 19.6. The van der Waals surface area contributed by atoms with E-state index in [-0.39, 0.29) is 13.6 Å². The quantitative estimate of drug-likeness (QED) is 0.0930. The van der Waals surface area contributed by atoms with E-state index < -0.39 is 7.12 Å². The van der Waals surface area contributed by atoms with Gasteiger partial charge in [-0.15, -0.1) is 0 Å². The Balaban J connectivity index is 0.000000297. The highest BCUT2D eigenvalue weighted by atomic mass is 16.7. The van der Waals surface area contributed by atoms with Crippen LogP contribution in [0.25, 0.3) is 22.3 Å². The molecule has 0 spiro atoms. The third-order valence-corrected chi connectivity index (χ3v) is 10.1. The molecule has 0 bridgehead atoms. The molecule has 300 valence electrons. The zero-order valence-corrected chi connectivity index (χ0v) is 36.7. The van der Waals surface area contributed by atoms with Crippen molar-refractivity contribution in [1.29, 1.82) is 0 Å². The molecule has 0 heterocycles. The van der Waals surface area contributed by atoms with Gasteiger partial charge in [-0.05, 0) is 112 Å². The Morgan fingerprint density at radius 3 is 1.27 bits per heavy atom. The highest BCUT2D eigenvalue weighted by Crippen LogP contribution is 2.44. The van der Waals surface area contributed by atoms with Gasteiger partial charge in [0.25, 0.3) is 0 Å². The minimum atomic E-state index is -1.62. The lowest BCUT2D eigenvalue weighted by molar-refractivity contribution is 0.0515. The van der Waals surface area contributed by atoms with Gasteiger partial charge in [-0.25, -0.2) is 0 Å². The van der Waals surface area contributed by atoms with Gasteiger partial charge in [0, 0.05) is 30.8 Å². The summed E-state index contributed by atoms with van der Waals surface area (Å²) in [4.78, 5) is 0. The van der Waals surface area contributed by atoms with Gasteiger partial charge in [-0.3, -0.25) is 0 Å². The van der Waals surface area contributed by atoms with Crippen LogP contribution in [0.2, 0.25) is 0 Å². The molecule has 4 aromatic carbocycles. The van der Waals surface area contributed by atoms with Crippen molar-refractivity contribution in [1.82, 2.24) is 0 Å². The minimum absolute atomic E-state index is 0.0356. The van der Waals surface area contributed by atoms with Crippen LogP contribution in [-0.2, 0) is 9.47 Å². The molecule has 55 heavy (non-hydrogen) atoms. The summed E-state index contributed by atoms with van der Waals surface area (Å²) in [6.45, 7) is 31.2. The molecule has 0 aliphatic heterocycles. The smallest absolute Gasteiger partial charge is 0.467 e. The summed E-state index contributed by atoms with van der Waals surface area (Å²) in [5, 5.41) is 20.0. The molecule has 6 nitrogen and oxygen atoms in total. The molecular weight excluding hydrogens is 683 g/mol. The van der Waals surface area contributed by atoms with Crippen molar-refractivity contribution in [3.63, 3.8) is 0 Å². The fourth-order valence-corrected chi connectivity index (χ4v) is 7.08. The lowest BCUT2D eigenvalue weighted by Crippen LogP contribution is -2.32. The molecule has 4 aromatic rings. The number of methoxy groups -OCH3 is 2. The molecule has 0 unspecified atom stereocenters. The van der Waals surface area contributed by atoms with Crippen LogP contribution in [0.3, 0.4) is 0 Å². The lowest BCUT2D eigenvalue weighted by Gasteiger charge is -2.26. The molecule has 0 atom stereocenters. The molecule has 0 radical (unpaired) electrons. The molecule has 0 aliphatic rings. The van der Waals surface area contributed by atoms with E-state index in [2.05, 4.69) is 139 Å². The van der Waals surface area contributed by atoms with Gasteiger partial charge in [0.1, 0.15) is 11.5 Å². The van der Waals surface area contributed by atoms with Gasteiger partial charge in [0.15, 0.2) is 13.6 Å². The SMILES string of the molecule is COCOc1c(B(O)O)cc(C)cc1-c1c(C(C)C)cc(C(C)C)cc1C(C)C.COCOc1ccc(C)cc1-c1c(C(C)C)cc(C(C)C)cc1C(C)C. The van der Waals surface area contributed by atoms with Gasteiger partial charge in [-0.1, -0.05) is 131 Å². The molecule has 2 N–H and O–H groups in total. The fraction of sp³-hybridized carbons (Fsp3) is 0.500. The van der Waals surface area contributed by atoms with Crippen molar-refractivity contribution in [3.05, 3.63) is 99.1 Å². The highest BCUT2D eigenvalue weighted by molar-refractivity contribution is 6.60. The molecule has 0 fully saturated rings. The van der Waals surface area contributed by atoms with E-state index in [1.54, 1.807) is 20.3 Å². The first-order valence-electron chi connectivity index (χ1n) is 20.0. The van der Waals surface area contributed by atoms with E-state index >= 15 is 0 Å². The number of hydrogen-bond acceptors (Lipinski definition) is 6. The molecular formula is C48H69BO6. The van der Waals surface area contributed by atoms with E-state index in [1.165, 1.54) is 50.1 Å². The Hall–Kier alpha value is -3.62. The second-order valence-electron chi connectivity index (χ2n) is 16.8. The first kappa shape index (κ1) is 45.8. The molecule has 4 rings (SSSR count). The number of aryl methyl sites for hydroxylation is 2. The topological polar surface area (TPSA) is 77.4 Å². The monoisotopic (exact) mass is 753 g/mol. The summed E-state index contributed by atoms with van der Waals surface area (Å²) in [7, 11) is 1.59. The van der Waals surface area contributed by atoms with E-state index in [4.69, 9.17) is 18.9 Å². The molecule has 0 aromatic heterocycles. The average molecular weight is 753 g/mol. The Bertz CT molecular complexity index is 1800. The molecule has 0 saturated heterocycles. The summed E-state index contributed by atoms with van der Waals surface area (Å²) in [6.07, 6.45) is 0. The maximum absolute atomic E-state index is 10.0. The second-order valence-corrected chi connectivity index (χ2v) is 16.8. The minimum Gasteiger partial charge on any atom is -0.467 e. The first-order valence-corrected chi connectivity index (χ1v) is 20.0. The fourth-order valence-electron chi connectivity index (χ4n) is 7.08. The van der Waals surface area contributed by atoms with Gasteiger partial charge in [0.05, 0.1) is 0 Å². The van der Waals surface area contributed by atoms with Gasteiger partial charge < -0.3 is 29.0 Å². The Labute approximate surface area is 333 Å². The van der Waals surface area contributed by atoms with Crippen molar-refractivity contribution in [2.45, 2.75) is 132 Å². The van der Waals surface area contributed by atoms with Crippen molar-refractivity contribution in [2.24, 2.45) is 0 Å². The molecule has 0 saturated carbocycles. The van der Waals surface area contributed by atoms with Crippen LogP contribution in [0.5, 0.6) is 11.5 Å².